The van der Waals surface area contributed by atoms with Crippen molar-refractivity contribution in [1.82, 2.24) is 4.90 Å². The molecule has 4 N–H and O–H groups in total. The second-order valence-corrected chi connectivity index (χ2v) is 4.37. The Balaban J connectivity index is 2.46. The van der Waals surface area contributed by atoms with E-state index in [1.54, 1.807) is 4.90 Å². The van der Waals surface area contributed by atoms with Gasteiger partial charge in [-0.3, -0.25) is 9.59 Å². The summed E-state index contributed by atoms with van der Waals surface area (Å²) in [7, 11) is 0. The van der Waals surface area contributed by atoms with Crippen LogP contribution in [0.3, 0.4) is 0 Å². The predicted molar refractivity (Wildman–Crippen MR) is 61.5 cm³/mol. The maximum absolute atomic E-state index is 11.9. The van der Waals surface area contributed by atoms with Gasteiger partial charge < -0.3 is 16.4 Å². The first-order chi connectivity index (χ1) is 7.61. The Hall–Kier alpha value is -1.10. The van der Waals surface area contributed by atoms with E-state index >= 15 is 0 Å². The van der Waals surface area contributed by atoms with Crippen LogP contribution in [0.5, 0.6) is 0 Å². The van der Waals surface area contributed by atoms with Crippen molar-refractivity contribution in [3.63, 3.8) is 0 Å². The Bertz CT molecular complexity index is 248. The molecule has 1 heterocycles. The normalized spacial score (nSPS) is 19.7. The standard InChI is InChI=1S/C11H21N3O2/c12-9(8-10(13)15)11(16)14-6-4-2-1-3-5-7-14/h9H,1-8,12H2,(H2,13,15). The van der Waals surface area contributed by atoms with Crippen molar-refractivity contribution >= 4 is 11.8 Å². The molecule has 0 bridgehead atoms. The van der Waals surface area contributed by atoms with E-state index < -0.39 is 11.9 Å². The number of hydrogen-bond acceptors (Lipinski definition) is 3. The summed E-state index contributed by atoms with van der Waals surface area (Å²) in [5, 5.41) is 0. The first-order valence-electron chi connectivity index (χ1n) is 5.94. The van der Waals surface area contributed by atoms with E-state index in [1.807, 2.05) is 0 Å². The third-order valence-electron chi connectivity index (χ3n) is 2.91. The molecule has 1 atom stereocenters. The molecule has 5 heteroatoms. The first kappa shape index (κ1) is 13.0. The molecule has 0 saturated carbocycles. The van der Waals surface area contributed by atoms with Crippen molar-refractivity contribution in [3.8, 4) is 0 Å². The molecule has 0 aliphatic carbocycles. The summed E-state index contributed by atoms with van der Waals surface area (Å²) in [5.74, 6) is -0.659. The maximum atomic E-state index is 11.9. The Morgan fingerprint density at radius 3 is 2.06 bits per heavy atom. The van der Waals surface area contributed by atoms with E-state index in [2.05, 4.69) is 0 Å². The molecular formula is C11H21N3O2. The third kappa shape index (κ3) is 4.18. The van der Waals surface area contributed by atoms with Gasteiger partial charge in [0.05, 0.1) is 12.5 Å². The number of nitrogens with zero attached hydrogens (tertiary/aromatic N) is 1. The molecule has 0 spiro atoms. The van der Waals surface area contributed by atoms with Gasteiger partial charge in [-0.25, -0.2) is 0 Å². The van der Waals surface area contributed by atoms with Crippen molar-refractivity contribution in [2.75, 3.05) is 13.1 Å². The number of rotatable bonds is 3. The monoisotopic (exact) mass is 227 g/mol. The molecule has 0 radical (unpaired) electrons. The van der Waals surface area contributed by atoms with Gasteiger partial charge in [0.1, 0.15) is 0 Å². The average Bonchev–Trinajstić information content (AvgIpc) is 2.15. The van der Waals surface area contributed by atoms with Crippen LogP contribution < -0.4 is 11.5 Å². The summed E-state index contributed by atoms with van der Waals surface area (Å²) in [6.45, 7) is 1.51. The highest BCUT2D eigenvalue weighted by Crippen LogP contribution is 2.11. The second kappa shape index (κ2) is 6.48. The molecule has 1 aliphatic rings. The fourth-order valence-corrected chi connectivity index (χ4v) is 2.01. The molecule has 0 aromatic rings. The minimum absolute atomic E-state index is 0.0602. The minimum atomic E-state index is -0.767. The van der Waals surface area contributed by atoms with Crippen LogP contribution in [0.4, 0.5) is 0 Å². The van der Waals surface area contributed by atoms with Crippen molar-refractivity contribution in [1.29, 1.82) is 0 Å². The van der Waals surface area contributed by atoms with Crippen LogP contribution in [0.1, 0.15) is 38.5 Å². The lowest BCUT2D eigenvalue weighted by atomic mass is 10.1. The van der Waals surface area contributed by atoms with Crippen LogP contribution in [-0.4, -0.2) is 35.8 Å². The van der Waals surface area contributed by atoms with E-state index in [0.717, 1.165) is 38.8 Å². The number of carbonyl (C=O) groups is 2. The molecule has 92 valence electrons. The number of carbonyl (C=O) groups excluding carboxylic acids is 2. The second-order valence-electron chi connectivity index (χ2n) is 4.37. The van der Waals surface area contributed by atoms with Crippen molar-refractivity contribution in [3.05, 3.63) is 0 Å². The van der Waals surface area contributed by atoms with E-state index in [9.17, 15) is 9.59 Å². The zero-order valence-corrected chi connectivity index (χ0v) is 9.65. The summed E-state index contributed by atoms with van der Waals surface area (Å²) in [6.07, 6.45) is 5.55. The summed E-state index contributed by atoms with van der Waals surface area (Å²) >= 11 is 0. The smallest absolute Gasteiger partial charge is 0.240 e. The molecule has 1 rings (SSSR count). The maximum Gasteiger partial charge on any atom is 0.240 e. The van der Waals surface area contributed by atoms with Gasteiger partial charge >= 0.3 is 0 Å². The topological polar surface area (TPSA) is 89.4 Å². The van der Waals surface area contributed by atoms with Crippen LogP contribution in [0.15, 0.2) is 0 Å². The fraction of sp³-hybridized carbons (Fsp3) is 0.818. The highest BCUT2D eigenvalue weighted by molar-refractivity contribution is 5.87. The van der Waals surface area contributed by atoms with Gasteiger partial charge in [-0.2, -0.15) is 0 Å². The number of amides is 2. The van der Waals surface area contributed by atoms with Gasteiger partial charge in [-0.05, 0) is 12.8 Å². The predicted octanol–water partition coefficient (Wildman–Crippen LogP) is -0.0182. The van der Waals surface area contributed by atoms with Crippen LogP contribution in [-0.2, 0) is 9.59 Å². The van der Waals surface area contributed by atoms with Gasteiger partial charge in [-0.15, -0.1) is 0 Å². The Morgan fingerprint density at radius 1 is 1.06 bits per heavy atom. The Kier molecular flexibility index (Phi) is 5.25. The Morgan fingerprint density at radius 2 is 1.56 bits per heavy atom. The summed E-state index contributed by atoms with van der Waals surface area (Å²) in [5.41, 5.74) is 10.7. The molecule has 0 aromatic heterocycles. The molecule has 1 fully saturated rings. The summed E-state index contributed by atoms with van der Waals surface area (Å²) < 4.78 is 0. The number of likely N-dealkylation sites (tertiary alicyclic amines) is 1. The Labute approximate surface area is 96.1 Å². The zero-order chi connectivity index (χ0) is 12.0. The highest BCUT2D eigenvalue weighted by atomic mass is 16.2. The van der Waals surface area contributed by atoms with E-state index in [0.29, 0.717) is 0 Å². The quantitative estimate of drug-likeness (QED) is 0.710. The van der Waals surface area contributed by atoms with Crippen LogP contribution >= 0.6 is 0 Å². The first-order valence-corrected chi connectivity index (χ1v) is 5.94. The minimum Gasteiger partial charge on any atom is -0.370 e. The lowest BCUT2D eigenvalue weighted by Gasteiger charge is -2.27. The number of primary amides is 1. The van der Waals surface area contributed by atoms with Crippen LogP contribution in [0.25, 0.3) is 0 Å². The highest BCUT2D eigenvalue weighted by Gasteiger charge is 2.22. The van der Waals surface area contributed by atoms with Crippen molar-refractivity contribution in [2.45, 2.75) is 44.6 Å². The molecule has 1 unspecified atom stereocenters. The van der Waals surface area contributed by atoms with Gasteiger partial charge in [0.2, 0.25) is 11.8 Å². The molecular weight excluding hydrogens is 206 g/mol. The molecule has 5 nitrogen and oxygen atoms in total. The molecule has 0 aromatic carbocycles. The lowest BCUT2D eigenvalue weighted by molar-refractivity contribution is -0.135. The fourth-order valence-electron chi connectivity index (χ4n) is 2.01. The zero-order valence-electron chi connectivity index (χ0n) is 9.65. The molecule has 2 amide bonds. The number of nitrogens with two attached hydrogens (primary N) is 2. The van der Waals surface area contributed by atoms with E-state index in [1.165, 1.54) is 6.42 Å². The van der Waals surface area contributed by atoms with Gasteiger partial charge in [0.15, 0.2) is 0 Å². The number of hydrogen-bond donors (Lipinski definition) is 2. The van der Waals surface area contributed by atoms with E-state index in [-0.39, 0.29) is 12.3 Å². The van der Waals surface area contributed by atoms with Gasteiger partial charge in [-0.1, -0.05) is 19.3 Å². The molecule has 16 heavy (non-hydrogen) atoms. The third-order valence-corrected chi connectivity index (χ3v) is 2.91. The van der Waals surface area contributed by atoms with E-state index in [4.69, 9.17) is 11.5 Å². The molecule has 1 aliphatic heterocycles. The van der Waals surface area contributed by atoms with Crippen molar-refractivity contribution < 1.29 is 9.59 Å². The molecule has 1 saturated heterocycles. The average molecular weight is 227 g/mol. The SMILES string of the molecule is NC(=O)CC(N)C(=O)N1CCCCCCC1. The summed E-state index contributed by atoms with van der Waals surface area (Å²) in [4.78, 5) is 24.4. The largest absolute Gasteiger partial charge is 0.370 e. The van der Waals surface area contributed by atoms with Gasteiger partial charge in [0, 0.05) is 13.1 Å². The van der Waals surface area contributed by atoms with Crippen LogP contribution in [0, 0.1) is 0 Å². The van der Waals surface area contributed by atoms with Crippen molar-refractivity contribution in [2.24, 2.45) is 11.5 Å². The van der Waals surface area contributed by atoms with Crippen LogP contribution in [0.2, 0.25) is 0 Å². The lowest BCUT2D eigenvalue weighted by Crippen LogP contribution is -2.46. The summed E-state index contributed by atoms with van der Waals surface area (Å²) in [6, 6.07) is -0.767. The van der Waals surface area contributed by atoms with Gasteiger partial charge in [0.25, 0.3) is 0 Å².